The monoisotopic (exact) mass is 584 g/mol. The lowest BCUT2D eigenvalue weighted by Crippen LogP contribution is -2.35. The van der Waals surface area contributed by atoms with Gasteiger partial charge in [-0.1, -0.05) is 36.4 Å². The third-order valence-corrected chi connectivity index (χ3v) is 8.74. The van der Waals surface area contributed by atoms with Crippen LogP contribution in [0.5, 0.6) is 11.5 Å². The zero-order valence-corrected chi connectivity index (χ0v) is 22.7. The highest BCUT2D eigenvalue weighted by molar-refractivity contribution is 7.90. The minimum atomic E-state index is -4.32. The van der Waals surface area contributed by atoms with Crippen LogP contribution in [-0.2, 0) is 20.0 Å². The summed E-state index contributed by atoms with van der Waals surface area (Å²) in [5.41, 5.74) is 1.03. The quantitative estimate of drug-likeness (QED) is 0.197. The maximum absolute atomic E-state index is 12.7. The number of rotatable bonds is 6. The number of sulfonamides is 2. The molecule has 0 aliphatic carbocycles. The molecule has 0 heterocycles. The first-order valence-electron chi connectivity index (χ1n) is 11.6. The molecule has 0 saturated carbocycles. The Hall–Kier alpha value is -4.82. The van der Waals surface area contributed by atoms with E-state index in [0.29, 0.717) is 21.9 Å². The predicted octanol–water partition coefficient (Wildman–Crippen LogP) is 3.89. The summed E-state index contributed by atoms with van der Waals surface area (Å²) in [4.78, 5) is 24.7. The van der Waals surface area contributed by atoms with Crippen LogP contribution in [0.1, 0.15) is 11.1 Å². The molecule has 4 rings (SSSR count). The Morgan fingerprint density at radius 2 is 0.975 bits per heavy atom. The van der Waals surface area contributed by atoms with E-state index in [4.69, 9.17) is 0 Å². The maximum Gasteiger partial charge on any atom is 0.333 e. The molecule has 0 aliphatic rings. The van der Waals surface area contributed by atoms with E-state index in [-0.39, 0.29) is 32.7 Å². The molecule has 0 bridgehead atoms. The van der Waals surface area contributed by atoms with Gasteiger partial charge >= 0.3 is 12.1 Å². The fourth-order valence-electron chi connectivity index (χ4n) is 3.93. The van der Waals surface area contributed by atoms with Gasteiger partial charge in [0.2, 0.25) is 0 Å². The molecule has 0 aromatic heterocycles. The molecular formula is C26H24N4O8S2. The third kappa shape index (κ3) is 6.08. The number of hydrogen-bond donors (Lipinski definition) is 6. The van der Waals surface area contributed by atoms with Crippen molar-refractivity contribution in [3.8, 4) is 11.5 Å². The number of anilines is 2. The van der Waals surface area contributed by atoms with E-state index < -0.39 is 32.1 Å². The third-order valence-electron chi connectivity index (χ3n) is 5.80. The second-order valence-electron chi connectivity index (χ2n) is 8.73. The summed E-state index contributed by atoms with van der Waals surface area (Å²) in [6.45, 7) is 3.02. The van der Waals surface area contributed by atoms with Gasteiger partial charge < -0.3 is 20.8 Å². The molecule has 0 fully saturated rings. The SMILES string of the molecule is Cc1ccc(O)cc1S(=O)(=O)NC(=O)Nc1cccc2c(NC(=O)NS(=O)(=O)c3cc(O)ccc3C)cccc12. The van der Waals surface area contributed by atoms with Gasteiger partial charge in [0.1, 0.15) is 11.5 Å². The van der Waals surface area contributed by atoms with Crippen molar-refractivity contribution in [1.29, 1.82) is 0 Å². The first kappa shape index (κ1) is 28.2. The van der Waals surface area contributed by atoms with Gasteiger partial charge in [-0.05, 0) is 49.2 Å². The largest absolute Gasteiger partial charge is 0.508 e. The molecule has 4 aromatic rings. The fourth-order valence-corrected chi connectivity index (χ4v) is 6.28. The average molecular weight is 585 g/mol. The van der Waals surface area contributed by atoms with Crippen molar-refractivity contribution in [3.05, 3.63) is 83.9 Å². The van der Waals surface area contributed by atoms with Crippen molar-refractivity contribution in [2.24, 2.45) is 0 Å². The highest BCUT2D eigenvalue weighted by Gasteiger charge is 2.23. The van der Waals surface area contributed by atoms with E-state index >= 15 is 0 Å². The van der Waals surface area contributed by atoms with Gasteiger partial charge in [-0.15, -0.1) is 0 Å². The molecule has 14 heteroatoms. The van der Waals surface area contributed by atoms with Gasteiger partial charge in [0.05, 0.1) is 21.2 Å². The number of urea groups is 2. The zero-order valence-electron chi connectivity index (χ0n) is 21.1. The van der Waals surface area contributed by atoms with E-state index in [2.05, 4.69) is 10.6 Å². The number of aryl methyl sites for hydroxylation is 2. The number of aromatic hydroxyl groups is 2. The molecule has 4 aromatic carbocycles. The van der Waals surface area contributed by atoms with Crippen molar-refractivity contribution in [2.75, 3.05) is 10.6 Å². The molecule has 208 valence electrons. The van der Waals surface area contributed by atoms with E-state index in [1.165, 1.54) is 50.2 Å². The van der Waals surface area contributed by atoms with E-state index in [9.17, 15) is 36.6 Å². The van der Waals surface area contributed by atoms with Gasteiger partial charge in [0.25, 0.3) is 20.0 Å². The van der Waals surface area contributed by atoms with E-state index in [0.717, 1.165) is 12.1 Å². The Morgan fingerprint density at radius 1 is 0.600 bits per heavy atom. The zero-order chi connectivity index (χ0) is 29.2. The number of carbonyl (C=O) groups excluding carboxylic acids is 2. The summed E-state index contributed by atoms with van der Waals surface area (Å²) in [5.74, 6) is -0.566. The summed E-state index contributed by atoms with van der Waals surface area (Å²) < 4.78 is 54.6. The number of amides is 4. The maximum atomic E-state index is 12.7. The average Bonchev–Trinajstić information content (AvgIpc) is 2.86. The normalized spacial score (nSPS) is 11.6. The van der Waals surface area contributed by atoms with Gasteiger partial charge in [0, 0.05) is 22.9 Å². The number of benzene rings is 4. The molecule has 0 saturated heterocycles. The molecule has 12 nitrogen and oxygen atoms in total. The van der Waals surface area contributed by atoms with Crippen LogP contribution < -0.4 is 20.1 Å². The highest BCUT2D eigenvalue weighted by atomic mass is 32.2. The summed E-state index contributed by atoms with van der Waals surface area (Å²) in [6.07, 6.45) is 0. The smallest absolute Gasteiger partial charge is 0.333 e. The molecule has 0 unspecified atom stereocenters. The Balaban J connectivity index is 1.54. The molecule has 40 heavy (non-hydrogen) atoms. The molecule has 6 N–H and O–H groups in total. The lowest BCUT2D eigenvalue weighted by molar-refractivity contribution is 0.255. The van der Waals surface area contributed by atoms with Crippen LogP contribution in [0.25, 0.3) is 10.8 Å². The first-order valence-corrected chi connectivity index (χ1v) is 14.5. The summed E-state index contributed by atoms with van der Waals surface area (Å²) in [7, 11) is -8.63. The van der Waals surface area contributed by atoms with Crippen molar-refractivity contribution in [1.82, 2.24) is 9.44 Å². The minimum Gasteiger partial charge on any atom is -0.508 e. The Labute approximate surface area is 229 Å². The Morgan fingerprint density at radius 3 is 1.35 bits per heavy atom. The molecule has 0 aliphatic heterocycles. The van der Waals surface area contributed by atoms with Gasteiger partial charge in [-0.3, -0.25) is 0 Å². The van der Waals surface area contributed by atoms with Crippen LogP contribution in [0.3, 0.4) is 0 Å². The Kier molecular flexibility index (Phi) is 7.57. The van der Waals surface area contributed by atoms with Crippen LogP contribution in [0.15, 0.2) is 82.6 Å². The molecule has 0 atom stereocenters. The lowest BCUT2D eigenvalue weighted by Gasteiger charge is -2.15. The second-order valence-corrected chi connectivity index (χ2v) is 12.0. The predicted molar refractivity (Wildman–Crippen MR) is 148 cm³/mol. The number of phenolic OH excluding ortho intramolecular Hbond substituents is 2. The summed E-state index contributed by atoms with van der Waals surface area (Å²) in [6, 6.07) is 14.6. The lowest BCUT2D eigenvalue weighted by atomic mass is 10.1. The van der Waals surface area contributed by atoms with Crippen LogP contribution in [0.2, 0.25) is 0 Å². The Bertz CT molecular complexity index is 1740. The second kappa shape index (κ2) is 10.7. The van der Waals surface area contributed by atoms with Gasteiger partial charge in [-0.2, -0.15) is 0 Å². The number of hydrogen-bond acceptors (Lipinski definition) is 8. The van der Waals surface area contributed by atoms with E-state index in [1.54, 1.807) is 24.3 Å². The van der Waals surface area contributed by atoms with Crippen LogP contribution >= 0.6 is 0 Å². The minimum absolute atomic E-state index is 0.199. The number of phenols is 2. The van der Waals surface area contributed by atoms with Crippen molar-refractivity contribution in [3.63, 3.8) is 0 Å². The van der Waals surface area contributed by atoms with Crippen LogP contribution in [0.4, 0.5) is 21.0 Å². The van der Waals surface area contributed by atoms with E-state index in [1.807, 2.05) is 9.44 Å². The van der Waals surface area contributed by atoms with Gasteiger partial charge in [0.15, 0.2) is 0 Å². The summed E-state index contributed by atoms with van der Waals surface area (Å²) in [5, 5.41) is 25.0. The van der Waals surface area contributed by atoms with Gasteiger partial charge in [-0.25, -0.2) is 35.9 Å². The standard InChI is InChI=1S/C26H24N4O8S2/c1-15-9-11-17(31)13-23(15)39(35,36)29-25(33)27-21-7-3-6-20-19(21)5-4-8-22(20)28-26(34)30-40(37,38)24-14-18(32)12-10-16(24)2/h3-14,31-32H,1-2H3,(H2,27,29,33)(H2,28,30,34). The number of nitrogens with one attached hydrogen (secondary N) is 4. The highest BCUT2D eigenvalue weighted by Crippen LogP contribution is 2.30. The molecule has 0 radical (unpaired) electrons. The van der Waals surface area contributed by atoms with Crippen molar-refractivity contribution < 1.29 is 36.6 Å². The fraction of sp³-hybridized carbons (Fsp3) is 0.0769. The topological polar surface area (TPSA) is 191 Å². The van der Waals surface area contributed by atoms with Crippen molar-refractivity contribution in [2.45, 2.75) is 23.6 Å². The number of fused-ring (bicyclic) bond motifs is 1. The first-order chi connectivity index (χ1) is 18.8. The van der Waals surface area contributed by atoms with Crippen molar-refractivity contribution >= 4 is 54.3 Å². The molecule has 4 amide bonds. The van der Waals surface area contributed by atoms with Crippen LogP contribution in [-0.4, -0.2) is 39.1 Å². The molecular weight excluding hydrogens is 560 g/mol. The molecule has 0 spiro atoms. The van der Waals surface area contributed by atoms with Crippen LogP contribution in [0, 0.1) is 13.8 Å². The number of carbonyl (C=O) groups is 2. The summed E-state index contributed by atoms with van der Waals surface area (Å²) >= 11 is 0.